The standard InChI is InChI=1S/C20H34O2/c1-13-6-9-19(22)12-15-17(4)8-7-14(17)18(5,21)10-11-20(13,15)16(19,2)3/h13-15,21-22H,6-12H2,1-5H3/t13-,14+,15+,17-,18+,19-,20-/m1/s1. The summed E-state index contributed by atoms with van der Waals surface area (Å²) in [5, 5.41) is 22.6. The SMILES string of the molecule is C[C@@H]1CC[C@@]2(O)C[C@H]3[C@]4(C)CC[C@@H]4[C@@](C)(O)CC[C@@]13C2(C)C. The third-order valence-corrected chi connectivity index (χ3v) is 9.72. The van der Waals surface area contributed by atoms with Gasteiger partial charge in [0.05, 0.1) is 11.2 Å². The number of hydrogen-bond donors (Lipinski definition) is 2. The highest BCUT2D eigenvalue weighted by Gasteiger charge is 2.76. The Morgan fingerprint density at radius 3 is 2.09 bits per heavy atom. The van der Waals surface area contributed by atoms with Crippen LogP contribution >= 0.6 is 0 Å². The van der Waals surface area contributed by atoms with Crippen LogP contribution in [0.1, 0.15) is 79.6 Å². The predicted molar refractivity (Wildman–Crippen MR) is 88.4 cm³/mol. The van der Waals surface area contributed by atoms with E-state index in [9.17, 15) is 10.2 Å². The summed E-state index contributed by atoms with van der Waals surface area (Å²) in [7, 11) is 0. The minimum Gasteiger partial charge on any atom is -0.390 e. The van der Waals surface area contributed by atoms with Gasteiger partial charge in [-0.3, -0.25) is 0 Å². The smallest absolute Gasteiger partial charge is 0.0707 e. The van der Waals surface area contributed by atoms with E-state index in [1.54, 1.807) is 0 Å². The minimum atomic E-state index is -0.516. The second-order valence-electron chi connectivity index (χ2n) is 10.3. The highest BCUT2D eigenvalue weighted by molar-refractivity contribution is 5.25. The maximum absolute atomic E-state index is 11.5. The minimum absolute atomic E-state index is 0.0358. The highest BCUT2D eigenvalue weighted by Crippen LogP contribution is 2.79. The molecule has 4 aliphatic rings. The van der Waals surface area contributed by atoms with Gasteiger partial charge in [0.25, 0.3) is 0 Å². The van der Waals surface area contributed by atoms with E-state index in [0.717, 1.165) is 32.1 Å². The molecular weight excluding hydrogens is 272 g/mol. The fourth-order valence-electron chi connectivity index (χ4n) is 8.10. The second-order valence-corrected chi connectivity index (χ2v) is 10.3. The molecule has 2 heteroatoms. The molecule has 0 aromatic carbocycles. The summed E-state index contributed by atoms with van der Waals surface area (Å²) in [6.45, 7) is 11.6. The summed E-state index contributed by atoms with van der Waals surface area (Å²) in [4.78, 5) is 0. The van der Waals surface area contributed by atoms with E-state index in [0.29, 0.717) is 17.8 Å². The number of aliphatic hydroxyl groups is 2. The van der Waals surface area contributed by atoms with E-state index in [1.807, 2.05) is 0 Å². The van der Waals surface area contributed by atoms with Crippen LogP contribution in [0.15, 0.2) is 0 Å². The first-order valence-corrected chi connectivity index (χ1v) is 9.46. The van der Waals surface area contributed by atoms with E-state index in [-0.39, 0.29) is 16.2 Å². The molecule has 0 aromatic rings. The fourth-order valence-corrected chi connectivity index (χ4v) is 8.10. The molecule has 0 aliphatic heterocycles. The van der Waals surface area contributed by atoms with Gasteiger partial charge in [-0.25, -0.2) is 0 Å². The Kier molecular flexibility index (Phi) is 2.76. The summed E-state index contributed by atoms with van der Waals surface area (Å²) in [6, 6.07) is 0. The van der Waals surface area contributed by atoms with Crippen molar-refractivity contribution >= 4 is 0 Å². The highest BCUT2D eigenvalue weighted by atomic mass is 16.3. The molecule has 126 valence electrons. The van der Waals surface area contributed by atoms with Gasteiger partial charge >= 0.3 is 0 Å². The predicted octanol–water partition coefficient (Wildman–Crippen LogP) is 4.14. The van der Waals surface area contributed by atoms with Crippen LogP contribution in [0, 0.1) is 34.0 Å². The average Bonchev–Trinajstić information content (AvgIpc) is 2.46. The Morgan fingerprint density at radius 2 is 1.50 bits per heavy atom. The normalized spacial score (nSPS) is 62.6. The summed E-state index contributed by atoms with van der Waals surface area (Å²) in [5.74, 6) is 1.66. The lowest BCUT2D eigenvalue weighted by Crippen LogP contribution is -2.57. The molecule has 1 spiro atoms. The summed E-state index contributed by atoms with van der Waals surface area (Å²) >= 11 is 0. The first kappa shape index (κ1) is 15.4. The van der Waals surface area contributed by atoms with Crippen LogP contribution in [0.5, 0.6) is 0 Å². The maximum atomic E-state index is 11.5. The molecular formula is C20H34O2. The molecule has 22 heavy (non-hydrogen) atoms. The van der Waals surface area contributed by atoms with Gasteiger partial charge in [-0.1, -0.05) is 27.7 Å². The van der Waals surface area contributed by atoms with E-state index >= 15 is 0 Å². The Morgan fingerprint density at radius 1 is 0.818 bits per heavy atom. The molecule has 7 atom stereocenters. The lowest BCUT2D eigenvalue weighted by atomic mass is 9.44. The molecule has 4 rings (SSSR count). The van der Waals surface area contributed by atoms with Crippen molar-refractivity contribution in [2.75, 3.05) is 0 Å². The summed E-state index contributed by atoms with van der Waals surface area (Å²) < 4.78 is 0. The Labute approximate surface area is 135 Å². The van der Waals surface area contributed by atoms with Crippen molar-refractivity contribution in [3.8, 4) is 0 Å². The third kappa shape index (κ3) is 1.38. The van der Waals surface area contributed by atoms with Gasteiger partial charge in [-0.05, 0) is 85.9 Å². The molecule has 4 saturated carbocycles. The third-order valence-electron chi connectivity index (χ3n) is 9.72. The van der Waals surface area contributed by atoms with Crippen LogP contribution in [-0.2, 0) is 0 Å². The quantitative estimate of drug-likeness (QED) is 0.706. The fraction of sp³-hybridized carbons (Fsp3) is 1.00. The molecule has 4 fully saturated rings. The molecule has 0 aromatic heterocycles. The summed E-state index contributed by atoms with van der Waals surface area (Å²) in [6.07, 6.45) is 7.49. The topological polar surface area (TPSA) is 40.5 Å². The average molecular weight is 306 g/mol. The second kappa shape index (κ2) is 3.94. The van der Waals surface area contributed by atoms with Crippen molar-refractivity contribution < 1.29 is 10.2 Å². The first-order chi connectivity index (χ1) is 10.0. The van der Waals surface area contributed by atoms with Gasteiger partial charge in [-0.15, -0.1) is 0 Å². The molecule has 2 nitrogen and oxygen atoms in total. The first-order valence-electron chi connectivity index (χ1n) is 9.46. The van der Waals surface area contributed by atoms with Crippen LogP contribution in [0.3, 0.4) is 0 Å². The van der Waals surface area contributed by atoms with Crippen molar-refractivity contribution in [2.45, 2.75) is 90.8 Å². The number of fused-ring (bicyclic) bond motifs is 3. The van der Waals surface area contributed by atoms with Gasteiger partial charge in [0, 0.05) is 0 Å². The van der Waals surface area contributed by atoms with Crippen molar-refractivity contribution in [1.82, 2.24) is 0 Å². The van der Waals surface area contributed by atoms with E-state index in [4.69, 9.17) is 0 Å². The van der Waals surface area contributed by atoms with Gasteiger partial charge in [0.2, 0.25) is 0 Å². The van der Waals surface area contributed by atoms with Crippen LogP contribution in [0.25, 0.3) is 0 Å². The largest absolute Gasteiger partial charge is 0.390 e. The number of hydrogen-bond acceptors (Lipinski definition) is 2. The van der Waals surface area contributed by atoms with Crippen LogP contribution in [0.2, 0.25) is 0 Å². The zero-order valence-corrected chi connectivity index (χ0v) is 15.1. The van der Waals surface area contributed by atoms with Crippen LogP contribution < -0.4 is 0 Å². The molecule has 0 saturated heterocycles. The van der Waals surface area contributed by atoms with Crippen molar-refractivity contribution in [1.29, 1.82) is 0 Å². The van der Waals surface area contributed by atoms with E-state index in [2.05, 4.69) is 34.6 Å². The van der Waals surface area contributed by atoms with Crippen molar-refractivity contribution in [3.05, 3.63) is 0 Å². The van der Waals surface area contributed by atoms with Crippen molar-refractivity contribution in [2.24, 2.45) is 34.0 Å². The van der Waals surface area contributed by atoms with Gasteiger partial charge in [0.15, 0.2) is 0 Å². The maximum Gasteiger partial charge on any atom is 0.0707 e. The molecule has 4 aliphatic carbocycles. The Bertz CT molecular complexity index is 510. The lowest BCUT2D eigenvalue weighted by Gasteiger charge is -2.61. The monoisotopic (exact) mass is 306 g/mol. The summed E-state index contributed by atoms with van der Waals surface area (Å²) in [5.41, 5.74) is -0.617. The molecule has 2 N–H and O–H groups in total. The molecule has 2 bridgehead atoms. The molecule has 0 heterocycles. The Balaban J connectivity index is 1.91. The van der Waals surface area contributed by atoms with Crippen LogP contribution in [-0.4, -0.2) is 21.4 Å². The zero-order valence-electron chi connectivity index (χ0n) is 15.1. The zero-order chi connectivity index (χ0) is 16.2. The number of rotatable bonds is 0. The van der Waals surface area contributed by atoms with Gasteiger partial charge in [0.1, 0.15) is 0 Å². The lowest BCUT2D eigenvalue weighted by molar-refractivity contribution is -0.165. The van der Waals surface area contributed by atoms with E-state index < -0.39 is 11.2 Å². The molecule has 0 unspecified atom stereocenters. The van der Waals surface area contributed by atoms with Gasteiger partial charge in [-0.2, -0.15) is 0 Å². The van der Waals surface area contributed by atoms with Gasteiger partial charge < -0.3 is 10.2 Å². The molecule has 0 amide bonds. The Hall–Kier alpha value is -0.0800. The van der Waals surface area contributed by atoms with E-state index in [1.165, 1.54) is 12.8 Å². The van der Waals surface area contributed by atoms with Crippen LogP contribution in [0.4, 0.5) is 0 Å². The van der Waals surface area contributed by atoms with Crippen molar-refractivity contribution in [3.63, 3.8) is 0 Å². The molecule has 0 radical (unpaired) electrons.